The van der Waals surface area contributed by atoms with E-state index in [1.54, 1.807) is 0 Å². The predicted octanol–water partition coefficient (Wildman–Crippen LogP) is 2.65. The average molecular weight is 270 g/mol. The van der Waals surface area contributed by atoms with Gasteiger partial charge in [-0.15, -0.1) is 0 Å². The minimum Gasteiger partial charge on any atom is -0.481 e. The average Bonchev–Trinajstić information content (AvgIpc) is 2.16. The highest BCUT2D eigenvalue weighted by Crippen LogP contribution is 2.28. The fraction of sp³-hybridized carbons (Fsp3) is 0.364. The van der Waals surface area contributed by atoms with E-state index in [0.29, 0.717) is 0 Å². The van der Waals surface area contributed by atoms with Gasteiger partial charge in [-0.1, -0.05) is 22.0 Å². The molecule has 0 saturated heterocycles. The van der Waals surface area contributed by atoms with Gasteiger partial charge in [-0.25, -0.2) is 0 Å². The molecule has 0 radical (unpaired) electrons. The van der Waals surface area contributed by atoms with Crippen molar-refractivity contribution in [2.45, 2.75) is 25.3 Å². The second-order valence-corrected chi connectivity index (χ2v) is 4.69. The van der Waals surface area contributed by atoms with E-state index in [1.807, 2.05) is 12.1 Å². The van der Waals surface area contributed by atoms with E-state index in [4.69, 9.17) is 5.11 Å². The quantitative estimate of drug-likeness (QED) is 0.868. The van der Waals surface area contributed by atoms with E-state index >= 15 is 0 Å². The van der Waals surface area contributed by atoms with Crippen molar-refractivity contribution in [3.8, 4) is 0 Å². The molecule has 0 fully saturated rings. The Morgan fingerprint density at radius 2 is 2.40 bits per heavy atom. The molecule has 1 unspecified atom stereocenters. The number of rotatable bonds is 2. The fourth-order valence-corrected chi connectivity index (χ4v) is 2.25. The third-order valence-electron chi connectivity index (χ3n) is 2.61. The van der Waals surface area contributed by atoms with Crippen LogP contribution in [0.3, 0.4) is 0 Å². The molecule has 1 aliphatic heterocycles. The Morgan fingerprint density at radius 3 is 3.13 bits per heavy atom. The summed E-state index contributed by atoms with van der Waals surface area (Å²) in [6.45, 7) is 0. The van der Waals surface area contributed by atoms with Gasteiger partial charge >= 0.3 is 5.97 Å². The Labute approximate surface area is 96.6 Å². The van der Waals surface area contributed by atoms with E-state index in [-0.39, 0.29) is 12.5 Å². The second kappa shape index (κ2) is 4.23. The van der Waals surface area contributed by atoms with Crippen LogP contribution >= 0.6 is 15.9 Å². The van der Waals surface area contributed by atoms with Crippen LogP contribution in [0.4, 0.5) is 5.69 Å². The summed E-state index contributed by atoms with van der Waals surface area (Å²) in [6, 6.07) is 6.15. The number of nitrogens with one attached hydrogen (secondary N) is 1. The van der Waals surface area contributed by atoms with Crippen LogP contribution in [0.1, 0.15) is 18.4 Å². The molecular formula is C11H12BrNO2. The lowest BCUT2D eigenvalue weighted by Gasteiger charge is -2.26. The Bertz CT molecular complexity index is 392. The maximum absolute atomic E-state index is 10.6. The molecule has 0 saturated carbocycles. The lowest BCUT2D eigenvalue weighted by molar-refractivity contribution is -0.137. The van der Waals surface area contributed by atoms with Gasteiger partial charge in [-0.2, -0.15) is 0 Å². The van der Waals surface area contributed by atoms with E-state index in [2.05, 4.69) is 27.3 Å². The molecule has 1 atom stereocenters. The van der Waals surface area contributed by atoms with E-state index in [9.17, 15) is 4.79 Å². The number of halogens is 1. The number of aliphatic carboxylic acids is 1. The van der Waals surface area contributed by atoms with Gasteiger partial charge in [0.2, 0.25) is 0 Å². The fourth-order valence-electron chi connectivity index (χ4n) is 1.89. The SMILES string of the molecule is O=C(O)CC1CCc2ccc(Br)cc2N1. The Morgan fingerprint density at radius 1 is 1.60 bits per heavy atom. The van der Waals surface area contributed by atoms with E-state index < -0.39 is 5.97 Å². The number of hydrogen-bond acceptors (Lipinski definition) is 2. The summed E-state index contributed by atoms with van der Waals surface area (Å²) in [5, 5.41) is 12.0. The topological polar surface area (TPSA) is 49.3 Å². The zero-order chi connectivity index (χ0) is 10.8. The first kappa shape index (κ1) is 10.5. The zero-order valence-corrected chi connectivity index (χ0v) is 9.75. The number of carboxylic acid groups (broad SMARTS) is 1. The summed E-state index contributed by atoms with van der Waals surface area (Å²) < 4.78 is 1.02. The number of carbonyl (C=O) groups is 1. The number of carboxylic acids is 1. The molecular weight excluding hydrogens is 258 g/mol. The Kier molecular flexibility index (Phi) is 2.95. The molecule has 2 rings (SSSR count). The molecule has 1 aromatic rings. The van der Waals surface area contributed by atoms with Crippen LogP contribution in [-0.2, 0) is 11.2 Å². The van der Waals surface area contributed by atoms with Gasteiger partial charge in [-0.05, 0) is 30.5 Å². The van der Waals surface area contributed by atoms with Gasteiger partial charge in [-0.3, -0.25) is 4.79 Å². The molecule has 15 heavy (non-hydrogen) atoms. The van der Waals surface area contributed by atoms with E-state index in [0.717, 1.165) is 23.0 Å². The summed E-state index contributed by atoms with van der Waals surface area (Å²) in [7, 11) is 0. The van der Waals surface area contributed by atoms with Crippen molar-refractivity contribution in [2.75, 3.05) is 5.32 Å². The molecule has 0 aliphatic carbocycles. The highest BCUT2D eigenvalue weighted by atomic mass is 79.9. The zero-order valence-electron chi connectivity index (χ0n) is 8.16. The smallest absolute Gasteiger partial charge is 0.305 e. The van der Waals surface area contributed by atoms with Crippen molar-refractivity contribution in [3.05, 3.63) is 28.2 Å². The third-order valence-corrected chi connectivity index (χ3v) is 3.11. The summed E-state index contributed by atoms with van der Waals surface area (Å²) in [4.78, 5) is 10.6. The molecule has 80 valence electrons. The third kappa shape index (κ3) is 2.50. The number of aryl methyl sites for hydroxylation is 1. The maximum Gasteiger partial charge on any atom is 0.305 e. The van der Waals surface area contributed by atoms with Gasteiger partial charge in [0, 0.05) is 16.2 Å². The van der Waals surface area contributed by atoms with Crippen molar-refractivity contribution < 1.29 is 9.90 Å². The molecule has 0 amide bonds. The first-order valence-corrected chi connectivity index (χ1v) is 5.71. The Hall–Kier alpha value is -1.03. The van der Waals surface area contributed by atoms with Crippen LogP contribution in [-0.4, -0.2) is 17.1 Å². The maximum atomic E-state index is 10.6. The van der Waals surface area contributed by atoms with Gasteiger partial charge in [0.15, 0.2) is 0 Å². The first-order valence-electron chi connectivity index (χ1n) is 4.92. The highest BCUT2D eigenvalue weighted by Gasteiger charge is 2.19. The van der Waals surface area contributed by atoms with Gasteiger partial charge < -0.3 is 10.4 Å². The first-order chi connectivity index (χ1) is 7.15. The van der Waals surface area contributed by atoms with Crippen molar-refractivity contribution in [1.82, 2.24) is 0 Å². The molecule has 2 N–H and O–H groups in total. The molecule has 3 nitrogen and oxygen atoms in total. The number of benzene rings is 1. The van der Waals surface area contributed by atoms with Gasteiger partial charge in [0.25, 0.3) is 0 Å². The summed E-state index contributed by atoms with van der Waals surface area (Å²) in [6.07, 6.45) is 2.03. The van der Waals surface area contributed by atoms with Crippen molar-refractivity contribution in [2.24, 2.45) is 0 Å². The van der Waals surface area contributed by atoms with Crippen LogP contribution in [0.5, 0.6) is 0 Å². The molecule has 4 heteroatoms. The molecule has 0 bridgehead atoms. The van der Waals surface area contributed by atoms with Crippen molar-refractivity contribution in [3.63, 3.8) is 0 Å². The molecule has 0 spiro atoms. The summed E-state index contributed by atoms with van der Waals surface area (Å²) in [5.41, 5.74) is 2.32. The largest absolute Gasteiger partial charge is 0.481 e. The van der Waals surface area contributed by atoms with Crippen LogP contribution in [0, 0.1) is 0 Å². The van der Waals surface area contributed by atoms with Crippen molar-refractivity contribution in [1.29, 1.82) is 0 Å². The van der Waals surface area contributed by atoms with Crippen LogP contribution in [0.15, 0.2) is 22.7 Å². The minimum absolute atomic E-state index is 0.0595. The monoisotopic (exact) mass is 269 g/mol. The summed E-state index contributed by atoms with van der Waals surface area (Å²) >= 11 is 3.40. The minimum atomic E-state index is -0.744. The van der Waals surface area contributed by atoms with E-state index in [1.165, 1.54) is 5.56 Å². The molecule has 1 aromatic carbocycles. The second-order valence-electron chi connectivity index (χ2n) is 3.78. The molecule has 1 heterocycles. The number of fused-ring (bicyclic) bond motifs is 1. The molecule has 0 aromatic heterocycles. The number of hydrogen-bond donors (Lipinski definition) is 2. The Balaban J connectivity index is 2.14. The van der Waals surface area contributed by atoms with Gasteiger partial charge in [0.1, 0.15) is 0 Å². The highest BCUT2D eigenvalue weighted by molar-refractivity contribution is 9.10. The number of anilines is 1. The lowest BCUT2D eigenvalue weighted by atomic mass is 9.96. The van der Waals surface area contributed by atoms with Crippen LogP contribution in [0.2, 0.25) is 0 Å². The molecule has 1 aliphatic rings. The lowest BCUT2D eigenvalue weighted by Crippen LogP contribution is -2.27. The normalized spacial score (nSPS) is 19.1. The summed E-state index contributed by atoms with van der Waals surface area (Å²) in [5.74, 6) is -0.744. The van der Waals surface area contributed by atoms with Crippen molar-refractivity contribution >= 4 is 27.6 Å². The standard InChI is InChI=1S/C11H12BrNO2/c12-8-3-1-7-2-4-9(6-11(14)15)13-10(7)5-8/h1,3,5,9,13H,2,4,6H2,(H,14,15). The van der Waals surface area contributed by atoms with Gasteiger partial charge in [0.05, 0.1) is 6.42 Å². The van der Waals surface area contributed by atoms with Crippen LogP contribution in [0.25, 0.3) is 0 Å². The van der Waals surface area contributed by atoms with Crippen LogP contribution < -0.4 is 5.32 Å². The predicted molar refractivity (Wildman–Crippen MR) is 62.1 cm³/mol.